The molecule has 0 amide bonds. The average Bonchev–Trinajstić information content (AvgIpc) is 2.34. The van der Waals surface area contributed by atoms with Gasteiger partial charge in [0.25, 0.3) is 0 Å². The Morgan fingerprint density at radius 1 is 1.46 bits per heavy atom. The highest BCUT2D eigenvalue weighted by Gasteiger charge is 2.01. The zero-order valence-corrected chi connectivity index (χ0v) is 9.57. The van der Waals surface area contributed by atoms with Crippen LogP contribution in [0.25, 0.3) is 0 Å². The van der Waals surface area contributed by atoms with Gasteiger partial charge in [-0.1, -0.05) is 13.8 Å². The van der Waals surface area contributed by atoms with E-state index in [1.54, 1.807) is 6.20 Å². The number of halogens is 2. The Labute approximate surface area is 91.5 Å². The summed E-state index contributed by atoms with van der Waals surface area (Å²) in [5, 5.41) is 0. The molecular weight excluding hydrogens is 209 g/mol. The maximum Gasteiger partial charge on any atom is 0.122 e. The molecule has 78 valence electrons. The molecule has 0 radical (unpaired) electrons. The van der Waals surface area contributed by atoms with Gasteiger partial charge < -0.3 is 10.3 Å². The Kier molecular flexibility index (Phi) is 8.42. The van der Waals surface area contributed by atoms with Gasteiger partial charge in [0.15, 0.2) is 0 Å². The molecule has 0 aliphatic heterocycles. The van der Waals surface area contributed by atoms with E-state index >= 15 is 0 Å². The molecule has 0 aliphatic rings. The van der Waals surface area contributed by atoms with Crippen molar-refractivity contribution in [1.29, 1.82) is 0 Å². The van der Waals surface area contributed by atoms with Crippen molar-refractivity contribution in [1.82, 2.24) is 9.55 Å². The van der Waals surface area contributed by atoms with Crippen molar-refractivity contribution in [3.05, 3.63) is 18.2 Å². The maximum atomic E-state index is 5.49. The normalized spacial score (nSPS) is 9.23. The highest BCUT2D eigenvalue weighted by molar-refractivity contribution is 5.85. The third-order valence-electron chi connectivity index (χ3n) is 1.55. The quantitative estimate of drug-likeness (QED) is 0.854. The minimum Gasteiger partial charge on any atom is -0.334 e. The molecule has 0 saturated carbocycles. The molecule has 0 aromatic carbocycles. The molecule has 0 aliphatic carbocycles. The van der Waals surface area contributed by atoms with Crippen LogP contribution in [0.5, 0.6) is 0 Å². The summed E-state index contributed by atoms with van der Waals surface area (Å²) in [5.41, 5.74) is 5.49. The van der Waals surface area contributed by atoms with E-state index in [9.17, 15) is 0 Å². The average molecular weight is 226 g/mol. The van der Waals surface area contributed by atoms with Crippen LogP contribution in [0.1, 0.15) is 19.7 Å². The molecule has 0 saturated heterocycles. The van der Waals surface area contributed by atoms with Gasteiger partial charge in [0.05, 0.1) is 6.54 Å². The summed E-state index contributed by atoms with van der Waals surface area (Å²) in [6.45, 7) is 5.90. The van der Waals surface area contributed by atoms with Crippen LogP contribution in [0.2, 0.25) is 0 Å². The number of imidazole rings is 1. The van der Waals surface area contributed by atoms with Gasteiger partial charge in [-0.3, -0.25) is 0 Å². The summed E-state index contributed by atoms with van der Waals surface area (Å²) in [5.74, 6) is 1.62. The van der Waals surface area contributed by atoms with Crippen molar-refractivity contribution >= 4 is 24.8 Å². The van der Waals surface area contributed by atoms with Crippen molar-refractivity contribution in [2.24, 2.45) is 11.7 Å². The molecule has 0 fully saturated rings. The van der Waals surface area contributed by atoms with E-state index < -0.39 is 0 Å². The van der Waals surface area contributed by atoms with Gasteiger partial charge in [-0.2, -0.15) is 0 Å². The van der Waals surface area contributed by atoms with Gasteiger partial charge in [0.1, 0.15) is 5.82 Å². The molecule has 3 nitrogen and oxygen atoms in total. The van der Waals surface area contributed by atoms with Crippen LogP contribution in [-0.2, 0) is 13.1 Å². The van der Waals surface area contributed by atoms with E-state index in [1.807, 2.05) is 6.20 Å². The van der Waals surface area contributed by atoms with E-state index in [2.05, 4.69) is 23.4 Å². The number of aromatic nitrogens is 2. The number of hydrogen-bond donors (Lipinski definition) is 1. The zero-order valence-electron chi connectivity index (χ0n) is 7.93. The van der Waals surface area contributed by atoms with Crippen LogP contribution in [0.4, 0.5) is 0 Å². The summed E-state index contributed by atoms with van der Waals surface area (Å²) in [7, 11) is 0. The summed E-state index contributed by atoms with van der Waals surface area (Å²) >= 11 is 0. The number of nitrogens with two attached hydrogens (primary N) is 1. The van der Waals surface area contributed by atoms with Crippen molar-refractivity contribution < 1.29 is 0 Å². The molecular formula is C8H17Cl2N3. The number of hydrogen-bond acceptors (Lipinski definition) is 2. The first-order valence-corrected chi connectivity index (χ1v) is 3.94. The summed E-state index contributed by atoms with van der Waals surface area (Å²) < 4.78 is 2.10. The fourth-order valence-electron chi connectivity index (χ4n) is 1.09. The molecule has 0 atom stereocenters. The van der Waals surface area contributed by atoms with Gasteiger partial charge in [-0.15, -0.1) is 24.8 Å². The Bertz CT molecular complexity index is 223. The Balaban J connectivity index is 0. The second-order valence-corrected chi connectivity index (χ2v) is 3.09. The fourth-order valence-corrected chi connectivity index (χ4v) is 1.09. The fraction of sp³-hybridized carbons (Fsp3) is 0.625. The van der Waals surface area contributed by atoms with Gasteiger partial charge in [0, 0.05) is 18.9 Å². The highest BCUT2D eigenvalue weighted by Crippen LogP contribution is 2.02. The van der Waals surface area contributed by atoms with Crippen molar-refractivity contribution in [2.45, 2.75) is 26.9 Å². The predicted molar refractivity (Wildman–Crippen MR) is 59.5 cm³/mol. The summed E-state index contributed by atoms with van der Waals surface area (Å²) in [6.07, 6.45) is 3.77. The van der Waals surface area contributed by atoms with Crippen molar-refractivity contribution in [3.63, 3.8) is 0 Å². The summed E-state index contributed by atoms with van der Waals surface area (Å²) in [4.78, 5) is 4.13. The third-order valence-corrected chi connectivity index (χ3v) is 1.55. The second kappa shape index (κ2) is 7.18. The first-order valence-electron chi connectivity index (χ1n) is 3.94. The smallest absolute Gasteiger partial charge is 0.122 e. The van der Waals surface area contributed by atoms with Gasteiger partial charge in [-0.05, 0) is 5.92 Å². The van der Waals surface area contributed by atoms with Crippen molar-refractivity contribution in [3.8, 4) is 0 Å². The molecule has 1 aromatic rings. The van der Waals surface area contributed by atoms with Crippen LogP contribution < -0.4 is 5.73 Å². The van der Waals surface area contributed by atoms with Crippen molar-refractivity contribution in [2.75, 3.05) is 0 Å². The van der Waals surface area contributed by atoms with Gasteiger partial charge in [-0.25, -0.2) is 4.98 Å². The third kappa shape index (κ3) is 4.50. The first kappa shape index (κ1) is 15.2. The summed E-state index contributed by atoms with van der Waals surface area (Å²) in [6, 6.07) is 0. The number of rotatable bonds is 3. The molecule has 0 spiro atoms. The molecule has 0 bridgehead atoms. The molecule has 2 N–H and O–H groups in total. The Morgan fingerprint density at radius 3 is 2.54 bits per heavy atom. The molecule has 1 rings (SSSR count). The lowest BCUT2D eigenvalue weighted by Crippen LogP contribution is -2.10. The van der Waals surface area contributed by atoms with Crippen LogP contribution >= 0.6 is 24.8 Å². The lowest BCUT2D eigenvalue weighted by Gasteiger charge is -2.08. The van der Waals surface area contributed by atoms with Crippen LogP contribution in [0.3, 0.4) is 0 Å². The Morgan fingerprint density at radius 2 is 2.08 bits per heavy atom. The van der Waals surface area contributed by atoms with Crippen LogP contribution in [-0.4, -0.2) is 9.55 Å². The van der Waals surface area contributed by atoms with Gasteiger partial charge >= 0.3 is 0 Å². The lowest BCUT2D eigenvalue weighted by atomic mass is 10.2. The SMILES string of the molecule is CC(C)Cn1ccnc1CN.Cl.Cl. The van der Waals surface area contributed by atoms with Crippen LogP contribution in [0.15, 0.2) is 12.4 Å². The molecule has 1 heterocycles. The standard InChI is InChI=1S/C8H15N3.2ClH/c1-7(2)6-11-4-3-10-8(11)5-9;;/h3-4,7H,5-6,9H2,1-2H3;2*1H. The molecule has 13 heavy (non-hydrogen) atoms. The van der Waals surface area contributed by atoms with E-state index in [0.29, 0.717) is 12.5 Å². The maximum absolute atomic E-state index is 5.49. The molecule has 1 aromatic heterocycles. The van der Waals surface area contributed by atoms with Crippen LogP contribution in [0, 0.1) is 5.92 Å². The minimum atomic E-state index is 0. The molecule has 5 heteroatoms. The van der Waals surface area contributed by atoms with E-state index in [0.717, 1.165) is 12.4 Å². The van der Waals surface area contributed by atoms with E-state index in [4.69, 9.17) is 5.73 Å². The monoisotopic (exact) mass is 225 g/mol. The highest BCUT2D eigenvalue weighted by atomic mass is 35.5. The van der Waals surface area contributed by atoms with E-state index in [1.165, 1.54) is 0 Å². The number of nitrogens with zero attached hydrogens (tertiary/aromatic N) is 2. The zero-order chi connectivity index (χ0) is 8.27. The van der Waals surface area contributed by atoms with Gasteiger partial charge in [0.2, 0.25) is 0 Å². The largest absolute Gasteiger partial charge is 0.334 e. The predicted octanol–water partition coefficient (Wildman–Crippen LogP) is 1.84. The second-order valence-electron chi connectivity index (χ2n) is 3.09. The topological polar surface area (TPSA) is 43.8 Å². The minimum absolute atomic E-state index is 0. The Hall–Kier alpha value is -0.250. The molecule has 0 unspecified atom stereocenters. The first-order chi connectivity index (χ1) is 5.24. The van der Waals surface area contributed by atoms with E-state index in [-0.39, 0.29) is 24.8 Å². The lowest BCUT2D eigenvalue weighted by molar-refractivity contribution is 0.507.